The second kappa shape index (κ2) is 8.39. The zero-order valence-electron chi connectivity index (χ0n) is 15.7. The smallest absolute Gasteiger partial charge is 0.264 e. The Morgan fingerprint density at radius 1 is 1.20 bits per heavy atom. The molecule has 1 saturated heterocycles. The van der Waals surface area contributed by atoms with Crippen LogP contribution in [-0.4, -0.2) is 36.0 Å². The number of carbonyl (C=O) groups is 1. The van der Waals surface area contributed by atoms with Gasteiger partial charge in [-0.05, 0) is 24.6 Å². The lowest BCUT2D eigenvalue weighted by Gasteiger charge is -2.46. The number of alkyl halides is 2. The molecule has 30 heavy (non-hydrogen) atoms. The summed E-state index contributed by atoms with van der Waals surface area (Å²) < 4.78 is 60.0. The highest BCUT2D eigenvalue weighted by Gasteiger charge is 2.51. The first kappa shape index (κ1) is 20.9. The molecular weight excluding hydrogens is 420 g/mol. The van der Waals surface area contributed by atoms with E-state index in [1.54, 1.807) is 30.3 Å². The third kappa shape index (κ3) is 3.96. The van der Waals surface area contributed by atoms with Crippen LogP contribution >= 0.6 is 11.8 Å². The summed E-state index contributed by atoms with van der Waals surface area (Å²) in [5, 5.41) is 2.94. The number of ether oxygens (including phenoxy) is 1. The Hall–Kier alpha value is -2.39. The maximum Gasteiger partial charge on any atom is 0.264 e. The standard InChI is InChI=1S/C21H18F4N2O2S/c22-14-6-7-15(16(23)9-14)21-11-29-17(18(24)25)8-13(21)10-30-20(27-21)26-19(28)12-4-2-1-3-5-12/h1-7,9,13,17-18H,8,10-11H2,(H,26,27,28)/t13-,17+,21-/m0/s1. The molecule has 2 aromatic carbocycles. The number of amidine groups is 1. The third-order valence-electron chi connectivity index (χ3n) is 5.37. The van der Waals surface area contributed by atoms with E-state index >= 15 is 0 Å². The van der Waals surface area contributed by atoms with E-state index in [1.165, 1.54) is 17.8 Å². The van der Waals surface area contributed by atoms with Gasteiger partial charge in [-0.1, -0.05) is 36.0 Å². The number of amides is 1. The van der Waals surface area contributed by atoms with Crippen molar-refractivity contribution in [1.29, 1.82) is 0 Å². The summed E-state index contributed by atoms with van der Waals surface area (Å²) in [6.45, 7) is -0.291. The predicted octanol–water partition coefficient (Wildman–Crippen LogP) is 4.36. The summed E-state index contributed by atoms with van der Waals surface area (Å²) in [5.74, 6) is -2.11. The molecule has 0 bridgehead atoms. The first-order valence-corrected chi connectivity index (χ1v) is 10.3. The van der Waals surface area contributed by atoms with Crippen LogP contribution in [0.2, 0.25) is 0 Å². The van der Waals surface area contributed by atoms with E-state index in [1.807, 2.05) is 0 Å². The van der Waals surface area contributed by atoms with Crippen molar-refractivity contribution in [3.05, 3.63) is 71.3 Å². The van der Waals surface area contributed by atoms with E-state index in [0.717, 1.165) is 12.1 Å². The van der Waals surface area contributed by atoms with Gasteiger partial charge < -0.3 is 10.1 Å². The van der Waals surface area contributed by atoms with Crippen LogP contribution in [0.5, 0.6) is 0 Å². The number of thioether (sulfide) groups is 1. The number of hydrogen-bond donors (Lipinski definition) is 1. The monoisotopic (exact) mass is 438 g/mol. The number of nitrogens with zero attached hydrogens (tertiary/aromatic N) is 1. The van der Waals surface area contributed by atoms with Crippen molar-refractivity contribution in [3.8, 4) is 0 Å². The summed E-state index contributed by atoms with van der Waals surface area (Å²) in [5.41, 5.74) is -0.843. The largest absolute Gasteiger partial charge is 0.369 e. The minimum atomic E-state index is -2.67. The molecule has 4 rings (SSSR count). The van der Waals surface area contributed by atoms with E-state index in [-0.39, 0.29) is 23.8 Å². The van der Waals surface area contributed by atoms with Crippen molar-refractivity contribution < 1.29 is 27.1 Å². The number of fused-ring (bicyclic) bond motifs is 1. The maximum absolute atomic E-state index is 14.7. The van der Waals surface area contributed by atoms with Crippen molar-refractivity contribution in [2.24, 2.45) is 10.9 Å². The normalized spacial score (nSPS) is 26.1. The lowest BCUT2D eigenvalue weighted by molar-refractivity contribution is -0.121. The molecule has 0 aromatic heterocycles. The maximum atomic E-state index is 14.7. The number of aliphatic imine (C=N–C) groups is 1. The topological polar surface area (TPSA) is 50.7 Å². The van der Waals surface area contributed by atoms with Crippen LogP contribution in [0.25, 0.3) is 0 Å². The van der Waals surface area contributed by atoms with E-state index in [0.29, 0.717) is 11.3 Å². The molecule has 158 valence electrons. The van der Waals surface area contributed by atoms with Gasteiger partial charge in [-0.3, -0.25) is 4.79 Å². The van der Waals surface area contributed by atoms with Crippen molar-refractivity contribution in [2.75, 3.05) is 12.4 Å². The van der Waals surface area contributed by atoms with Crippen LogP contribution < -0.4 is 5.32 Å². The predicted molar refractivity (Wildman–Crippen MR) is 106 cm³/mol. The van der Waals surface area contributed by atoms with Crippen LogP contribution in [0.3, 0.4) is 0 Å². The number of carbonyl (C=O) groups excluding carboxylic acids is 1. The lowest BCUT2D eigenvalue weighted by Crippen LogP contribution is -2.52. The second-order valence-electron chi connectivity index (χ2n) is 7.21. The molecule has 1 N–H and O–H groups in total. The van der Waals surface area contributed by atoms with Gasteiger partial charge in [0.15, 0.2) is 5.17 Å². The Morgan fingerprint density at radius 3 is 2.67 bits per heavy atom. The van der Waals surface area contributed by atoms with Gasteiger partial charge in [0.05, 0.1) is 6.61 Å². The zero-order valence-corrected chi connectivity index (χ0v) is 16.5. The second-order valence-corrected chi connectivity index (χ2v) is 8.22. The molecule has 2 heterocycles. The Kier molecular flexibility index (Phi) is 5.84. The highest BCUT2D eigenvalue weighted by Crippen LogP contribution is 2.47. The van der Waals surface area contributed by atoms with Crippen molar-refractivity contribution in [2.45, 2.75) is 24.5 Å². The summed E-state index contributed by atoms with van der Waals surface area (Å²) in [4.78, 5) is 17.1. The Labute approximate surface area is 174 Å². The molecule has 1 fully saturated rings. The molecule has 0 spiro atoms. The SMILES string of the molecule is O=C(NC1=N[C@@]2(c3ccc(F)cc3F)CO[C@@H](C(F)F)C[C@H]2CS1)c1ccccc1. The molecule has 1 amide bonds. The Morgan fingerprint density at radius 2 is 1.97 bits per heavy atom. The van der Waals surface area contributed by atoms with Gasteiger partial charge in [-0.25, -0.2) is 22.6 Å². The highest BCUT2D eigenvalue weighted by molar-refractivity contribution is 8.13. The van der Waals surface area contributed by atoms with Gasteiger partial charge in [0.2, 0.25) is 0 Å². The average Bonchev–Trinajstić information content (AvgIpc) is 2.73. The summed E-state index contributed by atoms with van der Waals surface area (Å²) in [7, 11) is 0. The number of nitrogens with one attached hydrogen (secondary N) is 1. The summed E-state index contributed by atoms with van der Waals surface area (Å²) in [6, 6.07) is 11.6. The van der Waals surface area contributed by atoms with Crippen molar-refractivity contribution >= 4 is 22.8 Å². The van der Waals surface area contributed by atoms with Crippen LogP contribution in [0.4, 0.5) is 17.6 Å². The van der Waals surface area contributed by atoms with E-state index in [2.05, 4.69) is 10.3 Å². The fourth-order valence-electron chi connectivity index (χ4n) is 3.81. The average molecular weight is 438 g/mol. The fraction of sp³-hybridized carbons (Fsp3) is 0.333. The molecule has 0 unspecified atom stereocenters. The summed E-state index contributed by atoms with van der Waals surface area (Å²) >= 11 is 1.21. The van der Waals surface area contributed by atoms with Crippen molar-refractivity contribution in [1.82, 2.24) is 5.32 Å². The minimum absolute atomic E-state index is 0.0229. The van der Waals surface area contributed by atoms with E-state index < -0.39 is 41.5 Å². The molecule has 3 atom stereocenters. The van der Waals surface area contributed by atoms with Gasteiger partial charge in [0.25, 0.3) is 12.3 Å². The molecular formula is C21H18F4N2O2S. The Balaban J connectivity index is 1.70. The quantitative estimate of drug-likeness (QED) is 0.725. The molecule has 2 aliphatic heterocycles. The van der Waals surface area contributed by atoms with Gasteiger partial charge in [-0.2, -0.15) is 0 Å². The zero-order chi connectivity index (χ0) is 21.3. The van der Waals surface area contributed by atoms with E-state index in [4.69, 9.17) is 4.74 Å². The fourth-order valence-corrected chi connectivity index (χ4v) is 4.98. The molecule has 0 aliphatic carbocycles. The number of rotatable bonds is 3. The van der Waals surface area contributed by atoms with Gasteiger partial charge in [0.1, 0.15) is 23.3 Å². The molecule has 2 aliphatic rings. The molecule has 2 aromatic rings. The lowest BCUT2D eigenvalue weighted by atomic mass is 9.75. The number of halogens is 4. The van der Waals surface area contributed by atoms with E-state index in [9.17, 15) is 22.4 Å². The van der Waals surface area contributed by atoms with Crippen LogP contribution in [0.1, 0.15) is 22.3 Å². The first-order chi connectivity index (χ1) is 14.4. The van der Waals surface area contributed by atoms with Gasteiger partial charge in [0, 0.05) is 28.9 Å². The van der Waals surface area contributed by atoms with Crippen molar-refractivity contribution in [3.63, 3.8) is 0 Å². The number of hydrogen-bond acceptors (Lipinski definition) is 4. The van der Waals surface area contributed by atoms with Crippen LogP contribution in [0.15, 0.2) is 53.5 Å². The molecule has 4 nitrogen and oxygen atoms in total. The van der Waals surface area contributed by atoms with Crippen LogP contribution in [0, 0.1) is 17.6 Å². The number of benzene rings is 2. The third-order valence-corrected chi connectivity index (χ3v) is 6.40. The summed E-state index contributed by atoms with van der Waals surface area (Å²) in [6.07, 6.45) is -3.97. The molecule has 0 saturated carbocycles. The minimum Gasteiger partial charge on any atom is -0.369 e. The molecule has 9 heteroatoms. The highest BCUT2D eigenvalue weighted by atomic mass is 32.2. The Bertz CT molecular complexity index is 973. The molecule has 0 radical (unpaired) electrons. The van der Waals surface area contributed by atoms with Gasteiger partial charge >= 0.3 is 0 Å². The first-order valence-electron chi connectivity index (χ1n) is 9.33. The van der Waals surface area contributed by atoms with Gasteiger partial charge in [-0.15, -0.1) is 0 Å². The van der Waals surface area contributed by atoms with Crippen LogP contribution in [-0.2, 0) is 10.3 Å².